The number of para-hydroxylation sites is 1. The van der Waals surface area contributed by atoms with Crippen molar-refractivity contribution >= 4 is 24.2 Å². The molecule has 3 rings (SSSR count). The molecular weight excluding hydrogens is 342 g/mol. The molecule has 2 heterocycles. The first-order valence-electron chi connectivity index (χ1n) is 8.70. The van der Waals surface area contributed by atoms with E-state index in [4.69, 9.17) is 4.74 Å². The summed E-state index contributed by atoms with van der Waals surface area (Å²) in [6.07, 6.45) is 2.31. The maximum atomic E-state index is 12.4. The third-order valence-corrected chi connectivity index (χ3v) is 4.64. The fraction of sp³-hybridized carbons (Fsp3) is 0.556. The lowest BCUT2D eigenvalue weighted by atomic mass is 10.0. The van der Waals surface area contributed by atoms with Crippen LogP contribution in [-0.4, -0.2) is 67.0 Å². The van der Waals surface area contributed by atoms with E-state index in [0.29, 0.717) is 26.1 Å². The van der Waals surface area contributed by atoms with Gasteiger partial charge in [0.1, 0.15) is 5.75 Å². The standard InChI is InChI=1S/C18H25N3O3.ClH/c22-17(8-12-24-16-6-2-1-3-7-16)20-10-4-5-15(14-20)21-11-9-19-13-18(21)23;/h1-3,6-7,15,19H,4-5,8-14H2;1H. The van der Waals surface area contributed by atoms with Crippen molar-refractivity contribution in [3.8, 4) is 5.75 Å². The number of carbonyl (C=O) groups is 2. The molecule has 0 saturated carbocycles. The molecule has 0 spiro atoms. The molecule has 0 aliphatic carbocycles. The molecule has 0 bridgehead atoms. The second kappa shape index (κ2) is 9.63. The van der Waals surface area contributed by atoms with Crippen molar-refractivity contribution in [3.05, 3.63) is 30.3 Å². The van der Waals surface area contributed by atoms with E-state index in [2.05, 4.69) is 5.32 Å². The number of nitrogens with zero attached hydrogens (tertiary/aromatic N) is 2. The lowest BCUT2D eigenvalue weighted by Crippen LogP contribution is -2.57. The Morgan fingerprint density at radius 2 is 2.04 bits per heavy atom. The molecule has 2 aliphatic rings. The van der Waals surface area contributed by atoms with Crippen LogP contribution in [0, 0.1) is 0 Å². The predicted molar refractivity (Wildman–Crippen MR) is 98.0 cm³/mol. The summed E-state index contributed by atoms with van der Waals surface area (Å²) in [6, 6.07) is 9.69. The first-order chi connectivity index (χ1) is 11.7. The summed E-state index contributed by atoms with van der Waals surface area (Å²) in [5.74, 6) is 1.04. The molecule has 1 unspecified atom stereocenters. The Balaban J connectivity index is 0.00000225. The first kappa shape index (κ1) is 19.5. The number of rotatable bonds is 5. The van der Waals surface area contributed by atoms with Crippen LogP contribution in [0.15, 0.2) is 30.3 Å². The molecule has 1 atom stereocenters. The largest absolute Gasteiger partial charge is 0.493 e. The highest BCUT2D eigenvalue weighted by atomic mass is 35.5. The number of piperazine rings is 1. The van der Waals surface area contributed by atoms with Gasteiger partial charge in [0.05, 0.1) is 19.6 Å². The fourth-order valence-corrected chi connectivity index (χ4v) is 3.37. The number of amides is 2. The van der Waals surface area contributed by atoms with Crippen molar-refractivity contribution < 1.29 is 14.3 Å². The number of piperidine rings is 1. The molecular formula is C18H26ClN3O3. The zero-order valence-electron chi connectivity index (χ0n) is 14.4. The molecule has 25 heavy (non-hydrogen) atoms. The van der Waals surface area contributed by atoms with Crippen molar-refractivity contribution in [1.29, 1.82) is 0 Å². The average molecular weight is 368 g/mol. The number of hydrogen-bond acceptors (Lipinski definition) is 4. The van der Waals surface area contributed by atoms with Crippen LogP contribution < -0.4 is 10.1 Å². The highest BCUT2D eigenvalue weighted by Gasteiger charge is 2.31. The van der Waals surface area contributed by atoms with Crippen LogP contribution in [0.4, 0.5) is 0 Å². The second-order valence-electron chi connectivity index (χ2n) is 6.31. The van der Waals surface area contributed by atoms with Crippen molar-refractivity contribution in [2.45, 2.75) is 25.3 Å². The number of carbonyl (C=O) groups excluding carboxylic acids is 2. The monoisotopic (exact) mass is 367 g/mol. The van der Waals surface area contributed by atoms with Crippen LogP contribution in [0.2, 0.25) is 0 Å². The van der Waals surface area contributed by atoms with E-state index in [1.807, 2.05) is 40.1 Å². The zero-order valence-corrected chi connectivity index (χ0v) is 15.2. The summed E-state index contributed by atoms with van der Waals surface area (Å²) >= 11 is 0. The maximum Gasteiger partial charge on any atom is 0.236 e. The van der Waals surface area contributed by atoms with E-state index in [1.165, 1.54) is 0 Å². The minimum Gasteiger partial charge on any atom is -0.493 e. The van der Waals surface area contributed by atoms with Crippen molar-refractivity contribution in [1.82, 2.24) is 15.1 Å². The minimum atomic E-state index is 0. The van der Waals surface area contributed by atoms with E-state index in [9.17, 15) is 9.59 Å². The summed E-state index contributed by atoms with van der Waals surface area (Å²) in [6.45, 7) is 3.80. The molecule has 1 N–H and O–H groups in total. The molecule has 1 aromatic carbocycles. The van der Waals surface area contributed by atoms with Crippen molar-refractivity contribution in [3.63, 3.8) is 0 Å². The number of benzene rings is 1. The number of nitrogens with one attached hydrogen (secondary N) is 1. The lowest BCUT2D eigenvalue weighted by molar-refractivity contribution is -0.140. The zero-order chi connectivity index (χ0) is 16.8. The lowest BCUT2D eigenvalue weighted by Gasteiger charge is -2.41. The quantitative estimate of drug-likeness (QED) is 0.852. The Bertz CT molecular complexity index is 570. The summed E-state index contributed by atoms with van der Waals surface area (Å²) in [5.41, 5.74) is 0. The van der Waals surface area contributed by atoms with E-state index in [-0.39, 0.29) is 30.3 Å². The Labute approximate surface area is 154 Å². The first-order valence-corrected chi connectivity index (χ1v) is 8.70. The smallest absolute Gasteiger partial charge is 0.236 e. The van der Waals surface area contributed by atoms with Gasteiger partial charge in [-0.2, -0.15) is 0 Å². The van der Waals surface area contributed by atoms with E-state index in [1.54, 1.807) is 0 Å². The third-order valence-electron chi connectivity index (χ3n) is 4.64. The van der Waals surface area contributed by atoms with Gasteiger partial charge in [0, 0.05) is 32.2 Å². The SMILES string of the molecule is Cl.O=C(CCOc1ccccc1)N1CCCC(N2CCNCC2=O)C1. The molecule has 1 aromatic rings. The normalized spacial score (nSPS) is 20.8. The van der Waals surface area contributed by atoms with Crippen LogP contribution >= 0.6 is 12.4 Å². The van der Waals surface area contributed by atoms with Gasteiger partial charge >= 0.3 is 0 Å². The van der Waals surface area contributed by atoms with Crippen LogP contribution in [0.5, 0.6) is 5.75 Å². The van der Waals surface area contributed by atoms with Gasteiger partial charge in [-0.25, -0.2) is 0 Å². The molecule has 2 fully saturated rings. The van der Waals surface area contributed by atoms with E-state index < -0.39 is 0 Å². The van der Waals surface area contributed by atoms with Gasteiger partial charge in [-0.15, -0.1) is 12.4 Å². The predicted octanol–water partition coefficient (Wildman–Crippen LogP) is 1.30. The summed E-state index contributed by atoms with van der Waals surface area (Å²) in [5, 5.41) is 3.09. The van der Waals surface area contributed by atoms with Crippen LogP contribution in [0.25, 0.3) is 0 Å². The number of halogens is 1. The van der Waals surface area contributed by atoms with Gasteiger partial charge < -0.3 is 19.9 Å². The topological polar surface area (TPSA) is 61.9 Å². The van der Waals surface area contributed by atoms with E-state index in [0.717, 1.165) is 38.2 Å². The van der Waals surface area contributed by atoms with Gasteiger partial charge in [-0.3, -0.25) is 9.59 Å². The van der Waals surface area contributed by atoms with Gasteiger partial charge in [0.25, 0.3) is 0 Å². The average Bonchev–Trinajstić information content (AvgIpc) is 2.63. The maximum absolute atomic E-state index is 12.4. The van der Waals surface area contributed by atoms with Crippen LogP contribution in [0.1, 0.15) is 19.3 Å². The summed E-state index contributed by atoms with van der Waals surface area (Å²) in [7, 11) is 0. The Hall–Kier alpha value is -1.79. The number of hydrogen-bond donors (Lipinski definition) is 1. The molecule has 2 amide bonds. The van der Waals surface area contributed by atoms with Gasteiger partial charge in [-0.1, -0.05) is 18.2 Å². The van der Waals surface area contributed by atoms with E-state index >= 15 is 0 Å². The van der Waals surface area contributed by atoms with Crippen LogP contribution in [-0.2, 0) is 9.59 Å². The van der Waals surface area contributed by atoms with Crippen molar-refractivity contribution in [2.75, 3.05) is 39.3 Å². The molecule has 0 aromatic heterocycles. The molecule has 138 valence electrons. The van der Waals surface area contributed by atoms with Crippen molar-refractivity contribution in [2.24, 2.45) is 0 Å². The minimum absolute atomic E-state index is 0. The molecule has 2 aliphatic heterocycles. The van der Waals surface area contributed by atoms with Gasteiger partial charge in [0.15, 0.2) is 0 Å². The molecule has 6 nitrogen and oxygen atoms in total. The Kier molecular flexibility index (Phi) is 7.52. The number of likely N-dealkylation sites (tertiary alicyclic amines) is 1. The molecule has 2 saturated heterocycles. The highest BCUT2D eigenvalue weighted by molar-refractivity contribution is 5.85. The van der Waals surface area contributed by atoms with Gasteiger partial charge in [0.2, 0.25) is 11.8 Å². The Morgan fingerprint density at radius 3 is 2.80 bits per heavy atom. The second-order valence-corrected chi connectivity index (χ2v) is 6.31. The Morgan fingerprint density at radius 1 is 1.24 bits per heavy atom. The number of ether oxygens (including phenoxy) is 1. The third kappa shape index (κ3) is 5.34. The molecule has 0 radical (unpaired) electrons. The van der Waals surface area contributed by atoms with Gasteiger partial charge in [-0.05, 0) is 25.0 Å². The summed E-state index contributed by atoms with van der Waals surface area (Å²) in [4.78, 5) is 28.3. The van der Waals surface area contributed by atoms with Crippen LogP contribution in [0.3, 0.4) is 0 Å². The highest BCUT2D eigenvalue weighted by Crippen LogP contribution is 2.18. The fourth-order valence-electron chi connectivity index (χ4n) is 3.37. The molecule has 7 heteroatoms. The summed E-state index contributed by atoms with van der Waals surface area (Å²) < 4.78 is 5.61.